The number of para-hydroxylation sites is 2. The van der Waals surface area contributed by atoms with Gasteiger partial charge in [0.15, 0.2) is 0 Å². The Morgan fingerprint density at radius 3 is 2.68 bits per heavy atom. The second-order valence-corrected chi connectivity index (χ2v) is 6.43. The number of carbonyl (C=O) groups is 1. The Hall–Kier alpha value is -3.25. The summed E-state index contributed by atoms with van der Waals surface area (Å²) < 4.78 is 0. The fraction of sp³-hybridized carbons (Fsp3) is 0. The molecule has 0 bridgehead atoms. The molecule has 2 aromatic heterocycles. The van der Waals surface area contributed by atoms with Crippen LogP contribution in [0.4, 0.5) is 11.4 Å². The average molecular weight is 346 g/mol. The predicted octanol–water partition coefficient (Wildman–Crippen LogP) is 4.19. The van der Waals surface area contributed by atoms with E-state index in [-0.39, 0.29) is 11.6 Å². The molecule has 5 nitrogen and oxygen atoms in total. The van der Waals surface area contributed by atoms with E-state index < -0.39 is 0 Å². The molecule has 0 atom stereocenters. The van der Waals surface area contributed by atoms with Gasteiger partial charge >= 0.3 is 0 Å². The zero-order chi connectivity index (χ0) is 17.2. The Kier molecular flexibility index (Phi) is 3.87. The summed E-state index contributed by atoms with van der Waals surface area (Å²) >= 11 is 1.63. The second kappa shape index (κ2) is 6.33. The summed E-state index contributed by atoms with van der Waals surface area (Å²) in [6.45, 7) is 0. The van der Waals surface area contributed by atoms with E-state index in [1.54, 1.807) is 17.4 Å². The standard InChI is InChI=1S/C19H14N4OS/c20-13-8-7-12(18-6-3-9-25-18)10-16(13)23-19(24)17-11-21-14-4-1-2-5-15(14)22-17/h1-11H,20H2,(H,23,24). The minimum absolute atomic E-state index is 0.250. The number of nitrogens with two attached hydrogens (primary N) is 1. The molecule has 2 heterocycles. The van der Waals surface area contributed by atoms with E-state index in [1.165, 1.54) is 6.20 Å². The molecule has 1 amide bonds. The molecule has 2 aromatic carbocycles. The van der Waals surface area contributed by atoms with Gasteiger partial charge in [0.05, 0.1) is 28.6 Å². The number of benzene rings is 2. The van der Waals surface area contributed by atoms with Crippen molar-refractivity contribution < 1.29 is 4.79 Å². The fourth-order valence-corrected chi connectivity index (χ4v) is 3.24. The van der Waals surface area contributed by atoms with Gasteiger partial charge in [0.1, 0.15) is 5.69 Å². The maximum absolute atomic E-state index is 12.5. The number of anilines is 2. The van der Waals surface area contributed by atoms with Crippen molar-refractivity contribution in [1.82, 2.24) is 9.97 Å². The molecular formula is C19H14N4OS. The number of hydrogen-bond acceptors (Lipinski definition) is 5. The van der Waals surface area contributed by atoms with Crippen LogP contribution in [-0.4, -0.2) is 15.9 Å². The Morgan fingerprint density at radius 2 is 1.88 bits per heavy atom. The molecule has 0 saturated heterocycles. The van der Waals surface area contributed by atoms with Gasteiger partial charge < -0.3 is 11.1 Å². The summed E-state index contributed by atoms with van der Waals surface area (Å²) in [5.41, 5.74) is 9.75. The highest BCUT2D eigenvalue weighted by Crippen LogP contribution is 2.30. The van der Waals surface area contributed by atoms with Crippen molar-refractivity contribution in [3.63, 3.8) is 0 Å². The molecule has 3 N–H and O–H groups in total. The van der Waals surface area contributed by atoms with Crippen molar-refractivity contribution in [3.8, 4) is 10.4 Å². The highest BCUT2D eigenvalue weighted by atomic mass is 32.1. The third kappa shape index (κ3) is 3.07. The Balaban J connectivity index is 1.64. The Labute approximate surface area is 148 Å². The number of rotatable bonds is 3. The third-order valence-corrected chi connectivity index (χ3v) is 4.71. The van der Waals surface area contributed by atoms with Crippen molar-refractivity contribution >= 4 is 39.7 Å². The molecule has 0 aliphatic heterocycles. The van der Waals surface area contributed by atoms with Crippen LogP contribution in [0.5, 0.6) is 0 Å². The Morgan fingerprint density at radius 1 is 1.04 bits per heavy atom. The third-order valence-electron chi connectivity index (χ3n) is 3.79. The van der Waals surface area contributed by atoms with Gasteiger partial charge in [0, 0.05) is 4.88 Å². The lowest BCUT2D eigenvalue weighted by Crippen LogP contribution is -2.15. The first kappa shape index (κ1) is 15.3. The quantitative estimate of drug-likeness (QED) is 0.545. The monoisotopic (exact) mass is 346 g/mol. The molecule has 0 aliphatic rings. The molecule has 0 unspecified atom stereocenters. The number of fused-ring (bicyclic) bond motifs is 1. The molecule has 0 spiro atoms. The van der Waals surface area contributed by atoms with E-state index in [0.29, 0.717) is 16.9 Å². The lowest BCUT2D eigenvalue weighted by Gasteiger charge is -2.10. The molecule has 0 saturated carbocycles. The lowest BCUT2D eigenvalue weighted by atomic mass is 10.1. The van der Waals surface area contributed by atoms with Gasteiger partial charge in [0.25, 0.3) is 5.91 Å². The van der Waals surface area contributed by atoms with Gasteiger partial charge in [-0.1, -0.05) is 24.3 Å². The van der Waals surface area contributed by atoms with E-state index >= 15 is 0 Å². The first-order valence-electron chi connectivity index (χ1n) is 7.67. The number of amides is 1. The van der Waals surface area contributed by atoms with E-state index in [2.05, 4.69) is 15.3 Å². The number of nitrogen functional groups attached to an aromatic ring is 1. The van der Waals surface area contributed by atoms with E-state index in [1.807, 2.05) is 53.9 Å². The van der Waals surface area contributed by atoms with Gasteiger partial charge in [-0.2, -0.15) is 0 Å². The maximum atomic E-state index is 12.5. The zero-order valence-electron chi connectivity index (χ0n) is 13.1. The first-order chi connectivity index (χ1) is 12.2. The molecule has 0 fully saturated rings. The van der Waals surface area contributed by atoms with Crippen LogP contribution in [0.25, 0.3) is 21.5 Å². The number of carbonyl (C=O) groups excluding carboxylic acids is 1. The Bertz CT molecular complexity index is 1060. The number of nitrogens with zero attached hydrogens (tertiary/aromatic N) is 2. The summed E-state index contributed by atoms with van der Waals surface area (Å²) in [4.78, 5) is 22.3. The molecule has 6 heteroatoms. The van der Waals surface area contributed by atoms with Crippen molar-refractivity contribution in [2.24, 2.45) is 0 Å². The van der Waals surface area contributed by atoms with Crippen LogP contribution in [-0.2, 0) is 0 Å². The van der Waals surface area contributed by atoms with Crippen molar-refractivity contribution in [2.75, 3.05) is 11.1 Å². The molecule has 4 rings (SSSR count). The van der Waals surface area contributed by atoms with Crippen LogP contribution in [0.15, 0.2) is 66.2 Å². The van der Waals surface area contributed by atoms with Crippen molar-refractivity contribution in [3.05, 3.63) is 71.9 Å². The molecule has 0 radical (unpaired) electrons. The smallest absolute Gasteiger partial charge is 0.275 e. The summed E-state index contributed by atoms with van der Waals surface area (Å²) in [5, 5.41) is 4.84. The number of thiophene rings is 1. The molecule has 0 aliphatic carbocycles. The van der Waals surface area contributed by atoms with Crippen LogP contribution >= 0.6 is 11.3 Å². The van der Waals surface area contributed by atoms with Gasteiger partial charge in [-0.25, -0.2) is 4.98 Å². The minimum Gasteiger partial charge on any atom is -0.397 e. The summed E-state index contributed by atoms with van der Waals surface area (Å²) in [7, 11) is 0. The lowest BCUT2D eigenvalue weighted by molar-refractivity contribution is 0.102. The number of hydrogen-bond donors (Lipinski definition) is 2. The van der Waals surface area contributed by atoms with E-state index in [0.717, 1.165) is 16.0 Å². The highest BCUT2D eigenvalue weighted by Gasteiger charge is 2.12. The minimum atomic E-state index is -0.340. The van der Waals surface area contributed by atoms with Crippen LogP contribution in [0.2, 0.25) is 0 Å². The molecule has 4 aromatic rings. The average Bonchev–Trinajstić information content (AvgIpc) is 3.18. The predicted molar refractivity (Wildman–Crippen MR) is 102 cm³/mol. The summed E-state index contributed by atoms with van der Waals surface area (Å²) in [6, 6.07) is 17.0. The second-order valence-electron chi connectivity index (χ2n) is 5.48. The number of nitrogens with one attached hydrogen (secondary N) is 1. The van der Waals surface area contributed by atoms with Crippen molar-refractivity contribution in [2.45, 2.75) is 0 Å². The van der Waals surface area contributed by atoms with Gasteiger partial charge in [0.2, 0.25) is 0 Å². The van der Waals surface area contributed by atoms with E-state index in [4.69, 9.17) is 5.73 Å². The van der Waals surface area contributed by atoms with Crippen LogP contribution in [0.1, 0.15) is 10.5 Å². The first-order valence-corrected chi connectivity index (χ1v) is 8.55. The van der Waals surface area contributed by atoms with Gasteiger partial charge in [-0.3, -0.25) is 9.78 Å². The van der Waals surface area contributed by atoms with Crippen LogP contribution < -0.4 is 11.1 Å². The van der Waals surface area contributed by atoms with Crippen molar-refractivity contribution in [1.29, 1.82) is 0 Å². The number of aromatic nitrogens is 2. The normalized spacial score (nSPS) is 10.7. The van der Waals surface area contributed by atoms with Crippen LogP contribution in [0, 0.1) is 0 Å². The topological polar surface area (TPSA) is 80.9 Å². The fourth-order valence-electron chi connectivity index (χ4n) is 2.51. The zero-order valence-corrected chi connectivity index (χ0v) is 14.0. The summed E-state index contributed by atoms with van der Waals surface area (Å²) in [6.07, 6.45) is 1.47. The molecule has 25 heavy (non-hydrogen) atoms. The van der Waals surface area contributed by atoms with Crippen LogP contribution in [0.3, 0.4) is 0 Å². The highest BCUT2D eigenvalue weighted by molar-refractivity contribution is 7.13. The largest absolute Gasteiger partial charge is 0.397 e. The SMILES string of the molecule is Nc1ccc(-c2cccs2)cc1NC(=O)c1cnc2ccccc2n1. The van der Waals surface area contributed by atoms with Gasteiger partial charge in [-0.05, 0) is 41.3 Å². The molecular weight excluding hydrogens is 332 g/mol. The van der Waals surface area contributed by atoms with E-state index in [9.17, 15) is 4.79 Å². The summed E-state index contributed by atoms with van der Waals surface area (Å²) in [5.74, 6) is -0.340. The maximum Gasteiger partial charge on any atom is 0.275 e. The van der Waals surface area contributed by atoms with Gasteiger partial charge in [-0.15, -0.1) is 11.3 Å². The molecule has 122 valence electrons.